The van der Waals surface area contributed by atoms with Gasteiger partial charge in [-0.25, -0.2) is 9.59 Å². The van der Waals surface area contributed by atoms with E-state index < -0.39 is 101 Å². The first-order chi connectivity index (χ1) is 40.2. The van der Waals surface area contributed by atoms with Crippen molar-refractivity contribution in [1.82, 2.24) is 20.4 Å². The molecule has 470 valence electrons. The molecule has 14 atom stereocenters. The van der Waals surface area contributed by atoms with E-state index in [4.69, 9.17) is 37.9 Å². The van der Waals surface area contributed by atoms with Gasteiger partial charge in [-0.05, 0) is 108 Å². The zero-order valence-corrected chi connectivity index (χ0v) is 52.1. The number of esters is 3. The van der Waals surface area contributed by atoms with Gasteiger partial charge in [0.2, 0.25) is 23.6 Å². The molecule has 4 bridgehead atoms. The number of epoxide rings is 1. The maximum atomic E-state index is 14.5. The lowest BCUT2D eigenvalue weighted by Gasteiger charge is -2.42. The van der Waals surface area contributed by atoms with Crippen LogP contribution in [0.3, 0.4) is 0 Å². The Hall–Kier alpha value is -6.14. The number of rotatable bonds is 21. The summed E-state index contributed by atoms with van der Waals surface area (Å²) < 4.78 is 46.9. The van der Waals surface area contributed by atoms with Crippen molar-refractivity contribution in [3.8, 4) is 5.75 Å². The van der Waals surface area contributed by atoms with Crippen LogP contribution >= 0.6 is 11.8 Å². The number of ketones is 1. The second-order valence-electron chi connectivity index (χ2n) is 23.5. The van der Waals surface area contributed by atoms with Crippen LogP contribution in [0.4, 0.5) is 4.79 Å². The molecule has 3 fully saturated rings. The molecule has 0 spiro atoms. The largest absolute Gasteiger partial charge is 0.496 e. The van der Waals surface area contributed by atoms with E-state index in [2.05, 4.69) is 10.6 Å². The normalized spacial score (nSPS) is 30.5. The molecule has 22 nitrogen and oxygen atoms in total. The number of methoxy groups -OCH3 is 2. The van der Waals surface area contributed by atoms with Crippen molar-refractivity contribution in [1.29, 1.82) is 0 Å². The van der Waals surface area contributed by atoms with E-state index in [1.165, 1.54) is 42.6 Å². The van der Waals surface area contributed by atoms with Gasteiger partial charge in [0, 0.05) is 58.3 Å². The number of carbonyl (C=O) groups excluding carboxylic acids is 9. The van der Waals surface area contributed by atoms with Crippen molar-refractivity contribution in [2.24, 2.45) is 17.8 Å². The number of aliphatic hydroxyl groups is 1. The van der Waals surface area contributed by atoms with Gasteiger partial charge in [-0.3, -0.25) is 43.8 Å². The van der Waals surface area contributed by atoms with Crippen LogP contribution in [-0.2, 0) is 77.9 Å². The van der Waals surface area contributed by atoms with Gasteiger partial charge >= 0.3 is 24.0 Å². The molecule has 5 aliphatic rings. The molecular formula is C62H88N4O18S. The van der Waals surface area contributed by atoms with Crippen molar-refractivity contribution >= 4 is 65.2 Å². The third kappa shape index (κ3) is 17.8. The monoisotopic (exact) mass is 1210 g/mol. The van der Waals surface area contributed by atoms with Crippen LogP contribution in [0.15, 0.2) is 48.1 Å². The SMILES string of the molecule is COc1cc2cc(c1C)C(C)C(=O)C[C@H](OC(=O)[C@H](C)N(C)C(=O)CCOC(=O)C(C)CCC(C)C(=O)OC1/C=C/CC(OCC(=O)NCCN3C(=O)CC(SC)C3=O)CCC1)[C@]1(C)O[C@H]1[C@H](C)[C@@H]1CC(O)(NC(=O)O1)C(OC)/C=C/C=C(\C)C2. The van der Waals surface area contributed by atoms with Gasteiger partial charge in [-0.15, -0.1) is 0 Å². The predicted molar refractivity (Wildman–Crippen MR) is 313 cm³/mol. The Morgan fingerprint density at radius 3 is 2.36 bits per heavy atom. The number of amides is 5. The molecule has 0 radical (unpaired) electrons. The van der Waals surface area contributed by atoms with Crippen LogP contribution in [0.2, 0.25) is 0 Å². The lowest BCUT2D eigenvalue weighted by Crippen LogP contribution is -2.63. The summed E-state index contributed by atoms with van der Waals surface area (Å²) in [6.45, 7) is 13.8. The second kappa shape index (κ2) is 30.5. The molecule has 3 saturated heterocycles. The molecule has 3 heterocycles. The lowest BCUT2D eigenvalue weighted by molar-refractivity contribution is -0.163. The number of ether oxygens (including phenoxy) is 8. The molecule has 2 aliphatic carbocycles. The standard InChI is InChI=1S/C62H88N4O18S/c1-35-16-13-21-50(78-11)62(76)33-48(82-60(75)64-62)40(6)55-61(8,84-55)51(31-46(67)38(4)45-29-42(28-35)30-47(77-10)39(45)5)83-59(74)41(7)65(9)53(69)24-27-79-57(72)36(2)22-23-37(3)58(73)81-44-19-14-17-43(18-15-20-44)80-34-52(68)63-25-26-66-54(70)32-49(85-12)56(66)71/h13-14,16,19,21,29-30,36-38,40-41,43-44,48-51,55,76H,15,17-18,20,22-28,31-34H2,1-12H3,(H,63,68)(H,64,75)/b19-14+,21-13+,35-16+/t36?,37?,38?,40-,41+,43?,44?,48+,49?,50?,51+,55+,61+,62?/m1/s1. The quantitative estimate of drug-likeness (QED) is 0.0425. The molecule has 1 aromatic carbocycles. The van der Waals surface area contributed by atoms with Gasteiger partial charge in [0.25, 0.3) is 0 Å². The summed E-state index contributed by atoms with van der Waals surface area (Å²) in [5.41, 5.74) is 0.193. The van der Waals surface area contributed by atoms with Crippen molar-refractivity contribution < 1.29 is 86.2 Å². The molecule has 3 N–H and O–H groups in total. The molecule has 5 amide bonds. The van der Waals surface area contributed by atoms with Crippen molar-refractivity contribution in [2.45, 2.75) is 191 Å². The molecule has 0 aromatic heterocycles. The maximum absolute atomic E-state index is 14.5. The van der Waals surface area contributed by atoms with Gasteiger partial charge in [0.1, 0.15) is 60.8 Å². The topological polar surface area (TPSA) is 282 Å². The number of carbonyl (C=O) groups is 9. The Morgan fingerprint density at radius 2 is 1.68 bits per heavy atom. The number of nitrogens with one attached hydrogen (secondary N) is 2. The highest BCUT2D eigenvalue weighted by atomic mass is 32.2. The second-order valence-corrected chi connectivity index (χ2v) is 24.5. The molecule has 85 heavy (non-hydrogen) atoms. The van der Waals surface area contributed by atoms with Crippen molar-refractivity contribution in [3.05, 3.63) is 64.8 Å². The van der Waals surface area contributed by atoms with Crippen LogP contribution in [-0.4, -0.2) is 181 Å². The fourth-order valence-corrected chi connectivity index (χ4v) is 11.9. The first kappa shape index (κ1) is 68.0. The van der Waals surface area contributed by atoms with E-state index in [0.29, 0.717) is 50.7 Å². The smallest absolute Gasteiger partial charge is 0.409 e. The van der Waals surface area contributed by atoms with Crippen molar-refractivity contribution in [2.75, 3.05) is 53.8 Å². The van der Waals surface area contributed by atoms with E-state index in [-0.39, 0.29) is 86.8 Å². The number of likely N-dealkylation sites (tertiary alicyclic amines) is 1. The lowest BCUT2D eigenvalue weighted by atomic mass is 9.82. The van der Waals surface area contributed by atoms with Crippen LogP contribution in [0.1, 0.15) is 135 Å². The van der Waals surface area contributed by atoms with E-state index in [1.54, 1.807) is 60.1 Å². The molecule has 0 saturated carbocycles. The molecule has 1 aromatic rings. The van der Waals surface area contributed by atoms with Crippen LogP contribution in [0, 0.1) is 24.7 Å². The summed E-state index contributed by atoms with van der Waals surface area (Å²) in [4.78, 5) is 121. The van der Waals surface area contributed by atoms with E-state index in [9.17, 15) is 48.3 Å². The van der Waals surface area contributed by atoms with Crippen LogP contribution in [0.5, 0.6) is 5.75 Å². The minimum atomic E-state index is -1.87. The first-order valence-corrected chi connectivity index (χ1v) is 30.7. The highest BCUT2D eigenvalue weighted by Gasteiger charge is 2.64. The predicted octanol–water partition coefficient (Wildman–Crippen LogP) is 5.90. The molecule has 6 rings (SSSR count). The number of hydrogen-bond donors (Lipinski definition) is 3. The minimum Gasteiger partial charge on any atom is -0.496 e. The zero-order chi connectivity index (χ0) is 62.5. The minimum absolute atomic E-state index is 0.0905. The molecular weight excluding hydrogens is 1120 g/mol. The van der Waals surface area contributed by atoms with E-state index >= 15 is 0 Å². The Kier molecular flexibility index (Phi) is 24.4. The number of imide groups is 1. The fraction of sp³-hybridized carbons (Fsp3) is 0.661. The fourth-order valence-electron chi connectivity index (χ4n) is 11.3. The number of allylic oxidation sites excluding steroid dienone is 3. The molecule has 3 aliphatic heterocycles. The third-order valence-electron chi connectivity index (χ3n) is 17.2. The highest BCUT2D eigenvalue weighted by molar-refractivity contribution is 8.00. The molecule has 8 unspecified atom stereocenters. The summed E-state index contributed by atoms with van der Waals surface area (Å²) in [5.74, 6) is -5.19. The van der Waals surface area contributed by atoms with Gasteiger partial charge in [-0.2, -0.15) is 11.8 Å². The third-order valence-corrected chi connectivity index (χ3v) is 18.1. The zero-order valence-electron chi connectivity index (χ0n) is 51.3. The first-order valence-electron chi connectivity index (χ1n) is 29.4. The maximum Gasteiger partial charge on any atom is 0.409 e. The van der Waals surface area contributed by atoms with Gasteiger partial charge in [0.15, 0.2) is 5.72 Å². The Bertz CT molecular complexity index is 2720. The van der Waals surface area contributed by atoms with Gasteiger partial charge in [0.05, 0.1) is 42.8 Å². The Labute approximate surface area is 503 Å². The van der Waals surface area contributed by atoms with Gasteiger partial charge < -0.3 is 53.2 Å². The van der Waals surface area contributed by atoms with Crippen molar-refractivity contribution in [3.63, 3.8) is 0 Å². The Morgan fingerprint density at radius 1 is 0.965 bits per heavy atom. The number of fused-ring (bicyclic) bond motifs is 5. The summed E-state index contributed by atoms with van der Waals surface area (Å²) in [6.07, 6.45) is 8.50. The number of likely N-dealkylation sites (N-methyl/N-ethyl adjacent to an activating group) is 1. The highest BCUT2D eigenvalue weighted by Crippen LogP contribution is 2.49. The average Bonchev–Trinajstić information content (AvgIpc) is 1.95. The summed E-state index contributed by atoms with van der Waals surface area (Å²) in [7, 11) is 4.41. The van der Waals surface area contributed by atoms with E-state index in [1.807, 2.05) is 44.2 Å². The van der Waals surface area contributed by atoms with Crippen LogP contribution in [0.25, 0.3) is 0 Å². The van der Waals surface area contributed by atoms with Crippen LogP contribution < -0.4 is 15.4 Å². The van der Waals surface area contributed by atoms with Gasteiger partial charge in [-0.1, -0.05) is 63.6 Å². The number of alkyl carbamates (subject to hydrolysis) is 1. The number of benzene rings is 1. The number of thioether (sulfide) groups is 1. The number of Topliss-reactive ketones (excluding diaryl/α,β-unsaturated/α-hetero) is 1. The summed E-state index contributed by atoms with van der Waals surface area (Å²) in [6, 6.07) is 2.72. The van der Waals surface area contributed by atoms with E-state index in [0.717, 1.165) is 22.3 Å². The number of nitrogens with zero attached hydrogens (tertiary/aromatic N) is 2. The molecule has 23 heteroatoms. The summed E-state index contributed by atoms with van der Waals surface area (Å²) >= 11 is 1.33. The Balaban J connectivity index is 0.979. The average molecular weight is 1210 g/mol. The summed E-state index contributed by atoms with van der Waals surface area (Å²) in [5, 5.41) is 16.7. The number of hydrogen-bond acceptors (Lipinski definition) is 19.